The highest BCUT2D eigenvalue weighted by Gasteiger charge is 2.13. The summed E-state index contributed by atoms with van der Waals surface area (Å²) in [4.78, 5) is 14.7. The summed E-state index contributed by atoms with van der Waals surface area (Å²) in [6, 6.07) is 25.8. The van der Waals surface area contributed by atoms with Gasteiger partial charge in [0.2, 0.25) is 0 Å². The Morgan fingerprint density at radius 1 is 0.844 bits per heavy atom. The third kappa shape index (κ3) is 6.57. The van der Waals surface area contributed by atoms with Crippen LogP contribution in [0.25, 0.3) is 0 Å². The van der Waals surface area contributed by atoms with Crippen LogP contribution in [0, 0.1) is 0 Å². The first kappa shape index (κ1) is 21.9. The zero-order chi connectivity index (χ0) is 22.0. The van der Waals surface area contributed by atoms with Crippen molar-refractivity contribution in [3.05, 3.63) is 90.0 Å². The average molecular weight is 432 g/mol. The predicted octanol–water partition coefficient (Wildman–Crippen LogP) is 3.96. The standard InChI is InChI=1S/C26H29N3O3/c30-26(20-32-25-12-10-24(11-13-25)28-23-8-2-1-3-9-23)27-18-21-6-4-5-7-22(21)19-29-14-16-31-17-15-29/h1-13,28H,14-20H2,(H,27,30). The predicted molar refractivity (Wildman–Crippen MR) is 126 cm³/mol. The van der Waals surface area contributed by atoms with E-state index in [1.54, 1.807) is 0 Å². The summed E-state index contributed by atoms with van der Waals surface area (Å²) >= 11 is 0. The summed E-state index contributed by atoms with van der Waals surface area (Å²) in [7, 11) is 0. The number of anilines is 2. The molecule has 3 aromatic rings. The maximum atomic E-state index is 12.3. The number of benzene rings is 3. The second kappa shape index (κ2) is 11.3. The van der Waals surface area contributed by atoms with Gasteiger partial charge in [0.05, 0.1) is 13.2 Å². The summed E-state index contributed by atoms with van der Waals surface area (Å²) in [5.41, 5.74) is 4.35. The number of ether oxygens (including phenoxy) is 2. The highest BCUT2D eigenvalue weighted by Crippen LogP contribution is 2.20. The highest BCUT2D eigenvalue weighted by molar-refractivity contribution is 5.77. The number of rotatable bonds is 9. The first-order valence-electron chi connectivity index (χ1n) is 10.9. The molecule has 1 fully saturated rings. The van der Waals surface area contributed by atoms with Crippen LogP contribution in [0.4, 0.5) is 11.4 Å². The van der Waals surface area contributed by atoms with E-state index in [1.165, 1.54) is 5.56 Å². The van der Waals surface area contributed by atoms with Gasteiger partial charge in [-0.15, -0.1) is 0 Å². The van der Waals surface area contributed by atoms with Crippen molar-refractivity contribution < 1.29 is 14.3 Å². The largest absolute Gasteiger partial charge is 0.484 e. The van der Waals surface area contributed by atoms with Gasteiger partial charge in [-0.05, 0) is 47.5 Å². The van der Waals surface area contributed by atoms with Crippen molar-refractivity contribution in [1.29, 1.82) is 0 Å². The number of carbonyl (C=O) groups excluding carboxylic acids is 1. The maximum absolute atomic E-state index is 12.3. The number of para-hydroxylation sites is 1. The van der Waals surface area contributed by atoms with Gasteiger partial charge in [-0.1, -0.05) is 42.5 Å². The molecule has 4 rings (SSSR count). The lowest BCUT2D eigenvalue weighted by molar-refractivity contribution is -0.123. The number of carbonyl (C=O) groups is 1. The summed E-state index contributed by atoms with van der Waals surface area (Å²) < 4.78 is 11.1. The molecular weight excluding hydrogens is 402 g/mol. The lowest BCUT2D eigenvalue weighted by Gasteiger charge is -2.27. The van der Waals surface area contributed by atoms with Gasteiger partial charge >= 0.3 is 0 Å². The molecule has 1 saturated heterocycles. The van der Waals surface area contributed by atoms with Crippen molar-refractivity contribution in [2.24, 2.45) is 0 Å². The van der Waals surface area contributed by atoms with Crippen molar-refractivity contribution in [2.45, 2.75) is 13.1 Å². The molecule has 6 nitrogen and oxygen atoms in total. The SMILES string of the molecule is O=C(COc1ccc(Nc2ccccc2)cc1)NCc1ccccc1CN1CCOCC1. The number of nitrogens with one attached hydrogen (secondary N) is 2. The van der Waals surface area contributed by atoms with Crippen LogP contribution >= 0.6 is 0 Å². The Balaban J connectivity index is 1.23. The van der Waals surface area contributed by atoms with Gasteiger partial charge in [0.1, 0.15) is 5.75 Å². The van der Waals surface area contributed by atoms with Crippen LogP contribution < -0.4 is 15.4 Å². The molecule has 0 radical (unpaired) electrons. The quantitative estimate of drug-likeness (QED) is 0.537. The molecular formula is C26H29N3O3. The number of amides is 1. The normalized spacial score (nSPS) is 14.0. The second-order valence-corrected chi connectivity index (χ2v) is 7.74. The van der Waals surface area contributed by atoms with E-state index < -0.39 is 0 Å². The number of morpholine rings is 1. The number of nitrogens with zero attached hydrogens (tertiary/aromatic N) is 1. The van der Waals surface area contributed by atoms with Gasteiger partial charge in [-0.25, -0.2) is 0 Å². The van der Waals surface area contributed by atoms with Crippen molar-refractivity contribution >= 4 is 17.3 Å². The Hall–Kier alpha value is -3.35. The molecule has 0 unspecified atom stereocenters. The van der Waals surface area contributed by atoms with E-state index in [9.17, 15) is 4.79 Å². The lowest BCUT2D eigenvalue weighted by Crippen LogP contribution is -2.36. The third-order valence-electron chi connectivity index (χ3n) is 5.38. The van der Waals surface area contributed by atoms with Crippen LogP contribution in [0.15, 0.2) is 78.9 Å². The molecule has 0 aromatic heterocycles. The molecule has 6 heteroatoms. The first-order valence-corrected chi connectivity index (χ1v) is 10.9. The van der Waals surface area contributed by atoms with Crippen LogP contribution in [0.2, 0.25) is 0 Å². The molecule has 166 valence electrons. The molecule has 0 atom stereocenters. The van der Waals surface area contributed by atoms with Crippen LogP contribution in [0.1, 0.15) is 11.1 Å². The van der Waals surface area contributed by atoms with E-state index in [0.29, 0.717) is 12.3 Å². The Labute approximate surface area is 189 Å². The summed E-state index contributed by atoms with van der Waals surface area (Å²) in [5.74, 6) is 0.518. The molecule has 1 heterocycles. The third-order valence-corrected chi connectivity index (χ3v) is 5.38. The first-order chi connectivity index (χ1) is 15.8. The lowest BCUT2D eigenvalue weighted by atomic mass is 10.1. The second-order valence-electron chi connectivity index (χ2n) is 7.74. The molecule has 1 aliphatic heterocycles. The minimum atomic E-state index is -0.141. The molecule has 0 saturated carbocycles. The number of hydrogen-bond donors (Lipinski definition) is 2. The summed E-state index contributed by atoms with van der Waals surface area (Å²) in [6.45, 7) is 4.77. The van der Waals surface area contributed by atoms with Gasteiger partial charge in [-0.2, -0.15) is 0 Å². The Morgan fingerprint density at radius 2 is 1.50 bits per heavy atom. The van der Waals surface area contributed by atoms with E-state index in [1.807, 2.05) is 66.7 Å². The average Bonchev–Trinajstić information content (AvgIpc) is 2.84. The van der Waals surface area contributed by atoms with E-state index in [2.05, 4.69) is 27.7 Å². The van der Waals surface area contributed by atoms with Gasteiger partial charge < -0.3 is 20.1 Å². The van der Waals surface area contributed by atoms with Crippen LogP contribution in [0.5, 0.6) is 5.75 Å². The van der Waals surface area contributed by atoms with Gasteiger partial charge in [-0.3, -0.25) is 9.69 Å². The molecule has 0 spiro atoms. The smallest absolute Gasteiger partial charge is 0.258 e. The molecule has 3 aromatic carbocycles. The molecule has 0 bridgehead atoms. The fraction of sp³-hybridized carbons (Fsp3) is 0.269. The van der Waals surface area contributed by atoms with Crippen molar-refractivity contribution in [3.63, 3.8) is 0 Å². The van der Waals surface area contributed by atoms with Crippen molar-refractivity contribution in [3.8, 4) is 5.75 Å². The Bertz CT molecular complexity index is 987. The Morgan fingerprint density at radius 3 is 2.25 bits per heavy atom. The van der Waals surface area contributed by atoms with E-state index >= 15 is 0 Å². The van der Waals surface area contributed by atoms with Gasteiger partial charge in [0.25, 0.3) is 5.91 Å². The topological polar surface area (TPSA) is 62.8 Å². The van der Waals surface area contributed by atoms with E-state index in [-0.39, 0.29) is 12.5 Å². The maximum Gasteiger partial charge on any atom is 0.258 e. The molecule has 1 aliphatic rings. The zero-order valence-corrected chi connectivity index (χ0v) is 18.1. The van der Waals surface area contributed by atoms with Crippen LogP contribution in [-0.2, 0) is 22.6 Å². The molecule has 1 amide bonds. The minimum Gasteiger partial charge on any atom is -0.484 e. The fourth-order valence-corrected chi connectivity index (χ4v) is 3.60. The molecule has 0 aliphatic carbocycles. The zero-order valence-electron chi connectivity index (χ0n) is 18.1. The van der Waals surface area contributed by atoms with Crippen LogP contribution in [-0.4, -0.2) is 43.7 Å². The highest BCUT2D eigenvalue weighted by atomic mass is 16.5. The minimum absolute atomic E-state index is 0.0168. The monoisotopic (exact) mass is 431 g/mol. The van der Waals surface area contributed by atoms with Crippen molar-refractivity contribution in [1.82, 2.24) is 10.2 Å². The van der Waals surface area contributed by atoms with E-state index in [0.717, 1.165) is 49.8 Å². The summed E-state index contributed by atoms with van der Waals surface area (Å²) in [6.07, 6.45) is 0. The van der Waals surface area contributed by atoms with Crippen LogP contribution in [0.3, 0.4) is 0 Å². The van der Waals surface area contributed by atoms with E-state index in [4.69, 9.17) is 9.47 Å². The van der Waals surface area contributed by atoms with Gasteiger partial charge in [0.15, 0.2) is 6.61 Å². The Kier molecular flexibility index (Phi) is 7.74. The fourth-order valence-electron chi connectivity index (χ4n) is 3.60. The van der Waals surface area contributed by atoms with Gasteiger partial charge in [0, 0.05) is 37.6 Å². The summed E-state index contributed by atoms with van der Waals surface area (Å²) in [5, 5.41) is 6.30. The molecule has 2 N–H and O–H groups in total. The van der Waals surface area contributed by atoms with Crippen molar-refractivity contribution in [2.75, 3.05) is 38.2 Å². The number of hydrogen-bond acceptors (Lipinski definition) is 5. The molecule has 32 heavy (non-hydrogen) atoms.